The van der Waals surface area contributed by atoms with Crippen LogP contribution in [0.4, 0.5) is 17.4 Å². The van der Waals surface area contributed by atoms with E-state index in [9.17, 15) is 9.59 Å². The van der Waals surface area contributed by atoms with Gasteiger partial charge in [0.2, 0.25) is 0 Å². The number of amides is 1. The van der Waals surface area contributed by atoms with Crippen LogP contribution in [-0.4, -0.2) is 31.0 Å². The van der Waals surface area contributed by atoms with Gasteiger partial charge in [0.05, 0.1) is 23.9 Å². The van der Waals surface area contributed by atoms with Crippen molar-refractivity contribution >= 4 is 63.6 Å². The quantitative estimate of drug-likeness (QED) is 0.277. The molecule has 4 rings (SSSR count). The van der Waals surface area contributed by atoms with Crippen molar-refractivity contribution in [3.63, 3.8) is 0 Å². The van der Waals surface area contributed by atoms with Gasteiger partial charge in [0, 0.05) is 22.8 Å². The summed E-state index contributed by atoms with van der Waals surface area (Å²) in [6.07, 6.45) is 0. The minimum absolute atomic E-state index is 0.204. The summed E-state index contributed by atoms with van der Waals surface area (Å²) in [6.45, 7) is 0. The predicted octanol–water partition coefficient (Wildman–Crippen LogP) is 5.45. The number of hydrogen-bond acceptors (Lipinski definition) is 7. The molecule has 3 aromatic carbocycles. The molecule has 0 aliphatic rings. The predicted molar refractivity (Wildman–Crippen MR) is 127 cm³/mol. The number of rotatable bonds is 6. The van der Waals surface area contributed by atoms with E-state index in [1.54, 1.807) is 61.6 Å². The standard InChI is InChI=1S/C23H18Cl2N4O4/c1-29(17-9-3-13(4-10-17)22(31)32-2)28-21(30)18-11-15(25)12-19-20(18)33-23(27-19)26-16-7-5-14(24)6-8-16/h3-12H,1-2H3,(H,26,27)(H,28,30). The molecule has 33 heavy (non-hydrogen) atoms. The molecular formula is C23H18Cl2N4O4. The number of halogens is 2. The number of nitrogens with one attached hydrogen (secondary N) is 2. The van der Waals surface area contributed by atoms with E-state index in [0.29, 0.717) is 26.8 Å². The van der Waals surface area contributed by atoms with Gasteiger partial charge in [-0.3, -0.25) is 15.2 Å². The number of ether oxygens (including phenoxy) is 1. The number of aromatic nitrogens is 1. The number of hydrazine groups is 1. The number of nitrogens with zero attached hydrogens (tertiary/aromatic N) is 2. The van der Waals surface area contributed by atoms with E-state index in [1.165, 1.54) is 18.2 Å². The van der Waals surface area contributed by atoms with Crippen molar-refractivity contribution in [1.29, 1.82) is 0 Å². The van der Waals surface area contributed by atoms with Crippen LogP contribution in [0.25, 0.3) is 11.1 Å². The van der Waals surface area contributed by atoms with Crippen molar-refractivity contribution in [2.24, 2.45) is 0 Å². The van der Waals surface area contributed by atoms with Gasteiger partial charge in [0.25, 0.3) is 11.9 Å². The first-order chi connectivity index (χ1) is 15.8. The fourth-order valence-corrected chi connectivity index (χ4v) is 3.43. The van der Waals surface area contributed by atoms with E-state index in [1.807, 2.05) is 0 Å². The number of methoxy groups -OCH3 is 1. The molecule has 0 bridgehead atoms. The molecular weight excluding hydrogens is 467 g/mol. The normalized spacial score (nSPS) is 10.7. The number of esters is 1. The van der Waals surface area contributed by atoms with Crippen molar-refractivity contribution < 1.29 is 18.7 Å². The lowest BCUT2D eigenvalue weighted by Crippen LogP contribution is -2.39. The van der Waals surface area contributed by atoms with Crippen LogP contribution in [0.3, 0.4) is 0 Å². The molecule has 0 spiro atoms. The second-order valence-corrected chi connectivity index (χ2v) is 7.86. The molecule has 10 heteroatoms. The Bertz CT molecular complexity index is 1320. The highest BCUT2D eigenvalue weighted by atomic mass is 35.5. The molecule has 1 heterocycles. The average molecular weight is 485 g/mol. The Balaban J connectivity index is 1.56. The number of anilines is 3. The molecule has 4 aromatic rings. The fourth-order valence-electron chi connectivity index (χ4n) is 3.09. The third kappa shape index (κ3) is 5.02. The van der Waals surface area contributed by atoms with E-state index in [-0.39, 0.29) is 17.2 Å². The summed E-state index contributed by atoms with van der Waals surface area (Å²) < 4.78 is 10.5. The second kappa shape index (κ2) is 9.40. The average Bonchev–Trinajstić information content (AvgIpc) is 3.21. The summed E-state index contributed by atoms with van der Waals surface area (Å²) in [6, 6.07) is 16.9. The van der Waals surface area contributed by atoms with Gasteiger partial charge in [0.15, 0.2) is 5.58 Å². The maximum Gasteiger partial charge on any atom is 0.337 e. The molecule has 0 saturated heterocycles. The Morgan fingerprint density at radius 3 is 2.36 bits per heavy atom. The van der Waals surface area contributed by atoms with Crippen molar-refractivity contribution in [2.45, 2.75) is 0 Å². The van der Waals surface area contributed by atoms with E-state index in [2.05, 4.69) is 15.7 Å². The molecule has 168 valence electrons. The summed E-state index contributed by atoms with van der Waals surface area (Å²) >= 11 is 12.1. The molecule has 0 saturated carbocycles. The molecule has 2 N–H and O–H groups in total. The Morgan fingerprint density at radius 2 is 1.70 bits per heavy atom. The zero-order chi connectivity index (χ0) is 23.5. The Kier molecular flexibility index (Phi) is 6.39. The van der Waals surface area contributed by atoms with Crippen LogP contribution in [0.5, 0.6) is 0 Å². The van der Waals surface area contributed by atoms with Crippen LogP contribution >= 0.6 is 23.2 Å². The molecule has 0 radical (unpaired) electrons. The second-order valence-electron chi connectivity index (χ2n) is 6.99. The van der Waals surface area contributed by atoms with E-state index in [4.69, 9.17) is 32.4 Å². The summed E-state index contributed by atoms with van der Waals surface area (Å²) in [5, 5.41) is 5.49. The first-order valence-corrected chi connectivity index (χ1v) is 10.5. The maximum atomic E-state index is 13.0. The molecule has 1 amide bonds. The van der Waals surface area contributed by atoms with Gasteiger partial charge in [-0.1, -0.05) is 23.2 Å². The lowest BCUT2D eigenvalue weighted by Gasteiger charge is -2.20. The Morgan fingerprint density at radius 1 is 1.00 bits per heavy atom. The molecule has 0 fully saturated rings. The number of oxazole rings is 1. The van der Waals surface area contributed by atoms with Crippen molar-refractivity contribution in [1.82, 2.24) is 10.4 Å². The van der Waals surface area contributed by atoms with Crippen LogP contribution in [0.15, 0.2) is 65.1 Å². The van der Waals surface area contributed by atoms with Gasteiger partial charge in [-0.25, -0.2) is 4.79 Å². The summed E-state index contributed by atoms with van der Waals surface area (Å²) in [4.78, 5) is 29.0. The smallest absolute Gasteiger partial charge is 0.337 e. The minimum Gasteiger partial charge on any atom is -0.465 e. The minimum atomic E-state index is -0.448. The zero-order valence-electron chi connectivity index (χ0n) is 17.6. The molecule has 8 nitrogen and oxygen atoms in total. The van der Waals surface area contributed by atoms with Gasteiger partial charge in [0.1, 0.15) is 5.52 Å². The molecule has 0 aliphatic carbocycles. The van der Waals surface area contributed by atoms with Gasteiger partial charge >= 0.3 is 5.97 Å². The summed E-state index contributed by atoms with van der Waals surface area (Å²) in [5.41, 5.74) is 5.45. The SMILES string of the molecule is COC(=O)c1ccc(N(C)NC(=O)c2cc(Cl)cc3nc(Nc4ccc(Cl)cc4)oc23)cc1. The summed E-state index contributed by atoms with van der Waals surface area (Å²) in [5.74, 6) is -0.890. The van der Waals surface area contributed by atoms with Crippen LogP contribution in [-0.2, 0) is 4.74 Å². The number of carbonyl (C=O) groups is 2. The molecule has 1 aromatic heterocycles. The van der Waals surface area contributed by atoms with Gasteiger partial charge in [-0.15, -0.1) is 0 Å². The van der Waals surface area contributed by atoms with Gasteiger partial charge in [-0.05, 0) is 60.7 Å². The first kappa shape index (κ1) is 22.4. The molecule has 0 atom stereocenters. The van der Waals surface area contributed by atoms with Crippen LogP contribution in [0, 0.1) is 0 Å². The lowest BCUT2D eigenvalue weighted by molar-refractivity contribution is 0.0600. The fraction of sp³-hybridized carbons (Fsp3) is 0.0870. The zero-order valence-corrected chi connectivity index (χ0v) is 19.1. The van der Waals surface area contributed by atoms with E-state index in [0.717, 1.165) is 5.69 Å². The third-order valence-electron chi connectivity index (χ3n) is 4.74. The topological polar surface area (TPSA) is 96.7 Å². The van der Waals surface area contributed by atoms with Crippen molar-refractivity contribution in [3.8, 4) is 0 Å². The highest BCUT2D eigenvalue weighted by molar-refractivity contribution is 6.32. The Hall–Kier alpha value is -3.75. The lowest BCUT2D eigenvalue weighted by atomic mass is 10.2. The van der Waals surface area contributed by atoms with Crippen molar-refractivity contribution in [3.05, 3.63) is 81.8 Å². The number of hydrogen-bond donors (Lipinski definition) is 2. The number of carbonyl (C=O) groups excluding carboxylic acids is 2. The largest absolute Gasteiger partial charge is 0.465 e. The number of benzene rings is 3. The maximum absolute atomic E-state index is 13.0. The third-order valence-corrected chi connectivity index (χ3v) is 5.21. The van der Waals surface area contributed by atoms with Crippen LogP contribution in [0.2, 0.25) is 10.0 Å². The van der Waals surface area contributed by atoms with E-state index >= 15 is 0 Å². The van der Waals surface area contributed by atoms with Gasteiger partial charge < -0.3 is 14.5 Å². The van der Waals surface area contributed by atoms with Crippen molar-refractivity contribution in [2.75, 3.05) is 24.5 Å². The van der Waals surface area contributed by atoms with Gasteiger partial charge in [-0.2, -0.15) is 4.98 Å². The molecule has 0 aliphatic heterocycles. The molecule has 0 unspecified atom stereocenters. The first-order valence-electron chi connectivity index (χ1n) is 9.70. The highest BCUT2D eigenvalue weighted by Crippen LogP contribution is 2.29. The van der Waals surface area contributed by atoms with Crippen LogP contribution < -0.4 is 15.8 Å². The summed E-state index contributed by atoms with van der Waals surface area (Å²) in [7, 11) is 2.98. The van der Waals surface area contributed by atoms with E-state index < -0.39 is 11.9 Å². The monoisotopic (exact) mass is 484 g/mol. The van der Waals surface area contributed by atoms with Crippen LogP contribution in [0.1, 0.15) is 20.7 Å². The number of fused-ring (bicyclic) bond motifs is 1. The highest BCUT2D eigenvalue weighted by Gasteiger charge is 2.19. The Labute approximate surface area is 199 Å².